The molecule has 0 aromatic heterocycles. The molecule has 3 saturated carbocycles. The van der Waals surface area contributed by atoms with Crippen molar-refractivity contribution in [2.24, 2.45) is 40.4 Å². The van der Waals surface area contributed by atoms with E-state index in [2.05, 4.69) is 63.5 Å². The summed E-state index contributed by atoms with van der Waals surface area (Å²) in [5.74, 6) is 4.41. The van der Waals surface area contributed by atoms with Gasteiger partial charge in [0, 0.05) is 6.42 Å². The van der Waals surface area contributed by atoms with Gasteiger partial charge in [-0.05, 0) is 85.4 Å². The Morgan fingerprint density at radius 2 is 1.88 bits per heavy atom. The van der Waals surface area contributed by atoms with E-state index in [-0.39, 0.29) is 12.1 Å². The number of carbonyl (C=O) groups is 1. The number of esters is 1. The van der Waals surface area contributed by atoms with Crippen molar-refractivity contribution in [2.45, 2.75) is 118 Å². The molecule has 3 fully saturated rings. The van der Waals surface area contributed by atoms with Gasteiger partial charge in [-0.15, -0.1) is 0 Å². The van der Waals surface area contributed by atoms with Gasteiger partial charge in [0.1, 0.15) is 11.4 Å². The van der Waals surface area contributed by atoms with Crippen molar-refractivity contribution >= 4 is 21.9 Å². The van der Waals surface area contributed by atoms with Gasteiger partial charge in [0.05, 0.1) is 0 Å². The monoisotopic (exact) mass is 508 g/mol. The second-order valence-electron chi connectivity index (χ2n) is 12.2. The molecule has 0 amide bonds. The molecule has 4 aliphatic rings. The highest BCUT2D eigenvalue weighted by Crippen LogP contribution is 2.66. The van der Waals surface area contributed by atoms with Crippen LogP contribution < -0.4 is 0 Å². The number of alkyl halides is 1. The van der Waals surface area contributed by atoms with Gasteiger partial charge in [-0.25, -0.2) is 0 Å². The van der Waals surface area contributed by atoms with Gasteiger partial charge in [0.25, 0.3) is 0 Å². The van der Waals surface area contributed by atoms with Crippen molar-refractivity contribution in [3.63, 3.8) is 0 Å². The number of carbonyl (C=O) groups excluding carboxylic acids is 1. The Balaban J connectivity index is 0.000000427. The van der Waals surface area contributed by atoms with Gasteiger partial charge >= 0.3 is 5.97 Å². The van der Waals surface area contributed by atoms with Gasteiger partial charge in [0.2, 0.25) is 0 Å². The predicted octanol–water partition coefficient (Wildman–Crippen LogP) is 8.72. The van der Waals surface area contributed by atoms with E-state index in [9.17, 15) is 4.79 Å². The maximum Gasteiger partial charge on any atom is 0.316 e. The third-order valence-electron chi connectivity index (χ3n) is 10.0. The van der Waals surface area contributed by atoms with Gasteiger partial charge in [0.15, 0.2) is 0 Å². The molecule has 0 N–H and O–H groups in total. The molecular formula is C29H49BrO2. The molecule has 7 atom stereocenters. The molecule has 0 aromatic carbocycles. The van der Waals surface area contributed by atoms with Crippen LogP contribution >= 0.6 is 15.9 Å². The number of ether oxygens (including phenoxy) is 1. The van der Waals surface area contributed by atoms with Gasteiger partial charge < -0.3 is 4.74 Å². The van der Waals surface area contributed by atoms with E-state index in [0.29, 0.717) is 16.2 Å². The molecular weight excluding hydrogens is 460 g/mol. The van der Waals surface area contributed by atoms with Gasteiger partial charge in [-0.2, -0.15) is 0 Å². The SMILES string of the molecule is CCC1CCC2C3CC=C4CC(OC(=O)CBr)CCC4(C)C3CCC12C.CCCC(C)C. The number of rotatable bonds is 5. The molecule has 4 rings (SSSR count). The summed E-state index contributed by atoms with van der Waals surface area (Å²) < 4.78 is 5.66. The zero-order valence-electron chi connectivity index (χ0n) is 21.7. The van der Waals surface area contributed by atoms with E-state index < -0.39 is 0 Å². The summed E-state index contributed by atoms with van der Waals surface area (Å²) >= 11 is 3.22. The van der Waals surface area contributed by atoms with Crippen LogP contribution in [-0.2, 0) is 9.53 Å². The van der Waals surface area contributed by atoms with Crippen molar-refractivity contribution in [3.8, 4) is 0 Å². The van der Waals surface area contributed by atoms with Gasteiger partial charge in [-0.1, -0.05) is 88.4 Å². The highest BCUT2D eigenvalue weighted by atomic mass is 79.9. The molecule has 0 spiro atoms. The maximum absolute atomic E-state index is 11.7. The molecule has 0 radical (unpaired) electrons. The summed E-state index contributed by atoms with van der Waals surface area (Å²) in [7, 11) is 0. The highest BCUT2D eigenvalue weighted by Gasteiger charge is 2.58. The van der Waals surface area contributed by atoms with Crippen molar-refractivity contribution in [3.05, 3.63) is 11.6 Å². The number of halogens is 1. The van der Waals surface area contributed by atoms with Crippen LogP contribution in [0, 0.1) is 40.4 Å². The summed E-state index contributed by atoms with van der Waals surface area (Å²) in [4.78, 5) is 11.7. The standard InChI is InChI=1S/C23H35BrO2.C6H14/c1-4-15-6-8-19-18-7-5-16-13-17(26-21(25)14-24)9-11-23(16,3)20(18)10-12-22(15,19)2;1-4-5-6(2)3/h5,15,17-20H,4,6-14H2,1-3H3;6H,4-5H2,1-3H3. The normalized spacial score (nSPS) is 40.4. The average Bonchev–Trinajstić information content (AvgIpc) is 3.10. The minimum atomic E-state index is -0.113. The minimum Gasteiger partial charge on any atom is -0.461 e. The van der Waals surface area contributed by atoms with E-state index in [0.717, 1.165) is 42.4 Å². The number of allylic oxidation sites excluding steroid dienone is 1. The van der Waals surface area contributed by atoms with Crippen LogP contribution in [0.3, 0.4) is 0 Å². The van der Waals surface area contributed by atoms with E-state index in [1.807, 2.05) is 0 Å². The molecule has 4 aliphatic carbocycles. The molecule has 0 heterocycles. The first-order valence-electron chi connectivity index (χ1n) is 13.6. The fraction of sp³-hybridized carbons (Fsp3) is 0.897. The van der Waals surface area contributed by atoms with Crippen LogP contribution in [0.25, 0.3) is 0 Å². The van der Waals surface area contributed by atoms with Crippen LogP contribution in [-0.4, -0.2) is 17.4 Å². The Morgan fingerprint density at radius 3 is 2.47 bits per heavy atom. The largest absolute Gasteiger partial charge is 0.461 e. The van der Waals surface area contributed by atoms with E-state index in [1.54, 1.807) is 5.57 Å². The first kappa shape index (κ1) is 26.3. The van der Waals surface area contributed by atoms with E-state index in [4.69, 9.17) is 4.74 Å². The summed E-state index contributed by atoms with van der Waals surface area (Å²) in [5, 5.41) is 0.309. The fourth-order valence-corrected chi connectivity index (χ4v) is 8.43. The smallest absolute Gasteiger partial charge is 0.316 e. The zero-order chi connectivity index (χ0) is 23.5. The first-order chi connectivity index (χ1) is 15.2. The van der Waals surface area contributed by atoms with Crippen LogP contribution in [0.1, 0.15) is 112 Å². The Hall–Kier alpha value is -0.310. The molecule has 0 bridgehead atoms. The molecule has 0 aromatic rings. The first-order valence-corrected chi connectivity index (χ1v) is 14.8. The lowest BCUT2D eigenvalue weighted by atomic mass is 9.47. The summed E-state index contributed by atoms with van der Waals surface area (Å²) in [6, 6.07) is 0. The fourth-order valence-electron chi connectivity index (χ4n) is 8.30. The number of hydrogen-bond acceptors (Lipinski definition) is 2. The number of hydrogen-bond donors (Lipinski definition) is 0. The second-order valence-corrected chi connectivity index (χ2v) is 12.7. The molecule has 7 unspecified atom stereocenters. The Kier molecular flexibility index (Phi) is 9.00. The lowest BCUT2D eigenvalue weighted by molar-refractivity contribution is -0.148. The van der Waals surface area contributed by atoms with Crippen molar-refractivity contribution in [1.29, 1.82) is 0 Å². The topological polar surface area (TPSA) is 26.3 Å². The predicted molar refractivity (Wildman–Crippen MR) is 139 cm³/mol. The lowest BCUT2D eigenvalue weighted by Crippen LogP contribution is -2.50. The Morgan fingerprint density at radius 1 is 1.12 bits per heavy atom. The van der Waals surface area contributed by atoms with Gasteiger partial charge in [-0.3, -0.25) is 4.79 Å². The summed E-state index contributed by atoms with van der Waals surface area (Å²) in [5.41, 5.74) is 2.55. The molecule has 2 nitrogen and oxygen atoms in total. The van der Waals surface area contributed by atoms with Crippen molar-refractivity contribution in [1.82, 2.24) is 0 Å². The van der Waals surface area contributed by atoms with E-state index in [1.165, 1.54) is 57.8 Å². The van der Waals surface area contributed by atoms with Crippen LogP contribution in [0.4, 0.5) is 0 Å². The molecule has 3 heteroatoms. The van der Waals surface area contributed by atoms with Crippen molar-refractivity contribution < 1.29 is 9.53 Å². The average molecular weight is 510 g/mol. The molecule has 0 saturated heterocycles. The van der Waals surface area contributed by atoms with Crippen LogP contribution in [0.15, 0.2) is 11.6 Å². The third-order valence-corrected chi connectivity index (χ3v) is 10.5. The molecule has 32 heavy (non-hydrogen) atoms. The molecule has 0 aliphatic heterocycles. The Labute approximate surface area is 206 Å². The summed E-state index contributed by atoms with van der Waals surface area (Å²) in [6.07, 6.45) is 17.0. The van der Waals surface area contributed by atoms with Crippen LogP contribution in [0.5, 0.6) is 0 Å². The Bertz CT molecular complexity index is 670. The molecule has 184 valence electrons. The minimum absolute atomic E-state index is 0.0979. The zero-order valence-corrected chi connectivity index (χ0v) is 23.3. The van der Waals surface area contributed by atoms with E-state index >= 15 is 0 Å². The van der Waals surface area contributed by atoms with Crippen LogP contribution in [0.2, 0.25) is 0 Å². The summed E-state index contributed by atoms with van der Waals surface area (Å²) in [6.45, 7) is 14.3. The lowest BCUT2D eigenvalue weighted by Gasteiger charge is -2.58. The third kappa shape index (κ3) is 5.18. The highest BCUT2D eigenvalue weighted by molar-refractivity contribution is 9.09. The van der Waals surface area contributed by atoms with Crippen molar-refractivity contribution in [2.75, 3.05) is 5.33 Å². The quantitative estimate of drug-likeness (QED) is 0.210. The number of fused-ring (bicyclic) bond motifs is 5. The maximum atomic E-state index is 11.7. The second kappa shape index (κ2) is 11.0.